The van der Waals surface area contributed by atoms with Gasteiger partial charge in [-0.25, -0.2) is 9.97 Å². The smallest absolute Gasteiger partial charge is 0.129 e. The second-order valence-corrected chi connectivity index (χ2v) is 56.8. The second-order valence-electron chi connectivity index (χ2n) is 36.8. The topological polar surface area (TPSA) is 25.8 Å². The van der Waals surface area contributed by atoms with Crippen LogP contribution in [0.15, 0.2) is 84.9 Å². The third-order valence-corrected chi connectivity index (χ3v) is 39.4. The fourth-order valence-electron chi connectivity index (χ4n) is 17.5. The van der Waals surface area contributed by atoms with Gasteiger partial charge in [0.2, 0.25) is 0 Å². The Morgan fingerprint density at radius 2 is 0.387 bits per heavy atom. The van der Waals surface area contributed by atoms with Crippen molar-refractivity contribution in [2.24, 2.45) is 0 Å². The molecule has 0 saturated carbocycles. The van der Waals surface area contributed by atoms with Crippen molar-refractivity contribution in [3.05, 3.63) is 161 Å². The van der Waals surface area contributed by atoms with E-state index in [1.807, 2.05) is 45.3 Å². The molecule has 0 N–H and O–H groups in total. The molecule has 0 aliphatic heterocycles. The van der Waals surface area contributed by atoms with Gasteiger partial charge < -0.3 is 0 Å². The Hall–Kier alpha value is -5.41. The largest absolute Gasteiger partial charge is 0.245 e. The normalized spacial score (nSPS) is 12.0. The van der Waals surface area contributed by atoms with Crippen LogP contribution >= 0.6 is 113 Å². The van der Waals surface area contributed by atoms with Gasteiger partial charge in [0.15, 0.2) is 0 Å². The quantitative estimate of drug-likeness (QED) is 0.0216. The molecule has 0 aliphatic rings. The predicted octanol–water partition coefficient (Wildman–Crippen LogP) is 38.6. The van der Waals surface area contributed by atoms with Gasteiger partial charge in [0.1, 0.15) is 16.1 Å². The Kier molecular flexibility index (Phi) is 35.6. The van der Waals surface area contributed by atoms with Crippen LogP contribution in [0.3, 0.4) is 0 Å². The maximum atomic E-state index is 5.93. The molecule has 0 atom stereocenters. The van der Waals surface area contributed by atoms with E-state index in [9.17, 15) is 0 Å². The SMILES string of the molecule is CCCCc1c(C#C[Si](C)(C)C)sc(-c2ccc(-c3sc(-c4ccc(-c5sc(-c6ccc7ccc8ccc(-c9sc(-c%10ccc(-c%11sc(-c%12ccc(-c%13sc(C#C[Si](C)(C)C)c(CCCC)c%13CCCC)s%12)c(CCCC)c%11CCCC)s%10)c(CCCC)c9CCCC)nc8c7n6)c(CCCC)c5CCCC)s4)c(CCCC)c3CCCC)s2)c1CCCC. The van der Waals surface area contributed by atoms with Crippen LogP contribution in [0.25, 0.3) is 121 Å². The molecule has 12 heterocycles. The minimum absolute atomic E-state index is 1.01. The summed E-state index contributed by atoms with van der Waals surface area (Å²) in [6.07, 6.45) is 41.8. The number of nitrogens with zero attached hydrogens (tertiary/aromatic N) is 2. The molecule has 2 nitrogen and oxygen atoms in total. The molecule has 13 rings (SSSR count). The van der Waals surface area contributed by atoms with E-state index < -0.39 is 16.1 Å². The highest BCUT2D eigenvalue weighted by molar-refractivity contribution is 7.32. The van der Waals surface area contributed by atoms with E-state index in [2.05, 4.69) is 298 Å². The lowest BCUT2D eigenvalue weighted by Crippen LogP contribution is -2.16. The minimum Gasteiger partial charge on any atom is -0.245 e. The number of aromatic nitrogens is 2. The summed E-state index contributed by atoms with van der Waals surface area (Å²) in [5, 5.41) is 2.30. The van der Waals surface area contributed by atoms with Crippen LogP contribution < -0.4 is 0 Å². The molecule has 0 unspecified atom stereocenters. The van der Waals surface area contributed by atoms with E-state index in [0.717, 1.165) is 149 Å². The van der Waals surface area contributed by atoms with Crippen molar-refractivity contribution < 1.29 is 0 Å². The number of pyridine rings is 2. The van der Waals surface area contributed by atoms with Crippen LogP contribution in [0.2, 0.25) is 39.3 Å². The summed E-state index contributed by atoms with van der Waals surface area (Å²) in [4.78, 5) is 40.6. The van der Waals surface area contributed by atoms with Crippen LogP contribution in [-0.2, 0) is 77.0 Å². The van der Waals surface area contributed by atoms with Gasteiger partial charge in [-0.3, -0.25) is 0 Å². The summed E-state index contributed by atoms with van der Waals surface area (Å²) >= 11 is 20.5. The van der Waals surface area contributed by atoms with E-state index in [1.54, 1.807) is 55.6 Å². The molecule has 0 spiro atoms. The highest BCUT2D eigenvalue weighted by atomic mass is 32.1. The van der Waals surface area contributed by atoms with Crippen molar-refractivity contribution in [1.29, 1.82) is 0 Å². The van der Waals surface area contributed by atoms with Crippen molar-refractivity contribution in [3.63, 3.8) is 0 Å². The summed E-state index contributed by atoms with van der Waals surface area (Å²) in [7, 11) is -3.14. The number of thiophene rings is 10. The lowest BCUT2D eigenvalue weighted by molar-refractivity contribution is 0.762. The first-order valence-corrected chi connectivity index (χ1v) is 63.5. The van der Waals surface area contributed by atoms with Crippen molar-refractivity contribution in [2.75, 3.05) is 0 Å². The number of fused-ring (bicyclic) bond motifs is 3. The fraction of sp³-hybridized carbons (Fsp3) is 0.491. The van der Waals surface area contributed by atoms with Gasteiger partial charge in [-0.2, -0.15) is 0 Å². The minimum atomic E-state index is -1.57. The Morgan fingerprint density at radius 3 is 0.597 bits per heavy atom. The molecule has 0 bridgehead atoms. The average Bonchev–Trinajstić information content (AvgIpc) is 1.56. The van der Waals surface area contributed by atoms with Crippen LogP contribution in [0.1, 0.15) is 314 Å². The van der Waals surface area contributed by atoms with Gasteiger partial charge in [0.05, 0.1) is 41.9 Å². The third-order valence-electron chi connectivity index (χ3n) is 24.4. The zero-order valence-corrected chi connectivity index (χ0v) is 88.7. The summed E-state index contributed by atoms with van der Waals surface area (Å²) in [5.41, 5.74) is 30.7. The van der Waals surface area contributed by atoms with Gasteiger partial charge in [-0.15, -0.1) is 124 Å². The first kappa shape index (κ1) is 96.2. The van der Waals surface area contributed by atoms with Crippen molar-refractivity contribution in [1.82, 2.24) is 9.97 Å². The van der Waals surface area contributed by atoms with Crippen LogP contribution in [0.5, 0.6) is 0 Å². The number of hydrogen-bond acceptors (Lipinski definition) is 12. The number of hydrogen-bond donors (Lipinski definition) is 0. The Labute approximate surface area is 790 Å². The molecule has 0 radical (unpaired) electrons. The van der Waals surface area contributed by atoms with E-state index in [1.165, 1.54) is 224 Å². The summed E-state index contributed by atoms with van der Waals surface area (Å²) < 4.78 is 0. The monoisotopic (exact) mass is 1860 g/mol. The standard InChI is InChI=1S/C110H140N2S10Si2/c1-19-31-43-75-77(45-33-21-3)103(117-89(75)69-71-123(13,14)15)91-61-63-95(113-91)107-83(51-39-27-9)85(53-41-29-11)109(121-107)97-67-65-93(115-97)105-81(49-37-25-7)79(47-35-23-5)101(119-105)87-59-57-73-55-56-74-58-60-88(112-100(74)99(73)111-87)102-80(48-36-24-6)82(50-38-26-8)106(120-102)94-66-68-98(116-94)110-86(54-42-30-12)84(52-40-28-10)108(122-110)96-64-62-92(114-96)104-78(46-34-22-4)76(44-32-20-2)90(118-104)70-72-124(16,17)18/h55-68H,19-54H2,1-18H3. The van der Waals surface area contributed by atoms with Crippen molar-refractivity contribution >= 4 is 151 Å². The summed E-state index contributed by atoms with van der Waals surface area (Å²) in [6.45, 7) is 42.7. The Balaban J connectivity index is 0.883. The summed E-state index contributed by atoms with van der Waals surface area (Å²) in [6, 6.07) is 34.0. The number of rotatable bonds is 46. The molecule has 0 fully saturated rings. The molecule has 13 aromatic rings. The molecule has 1 aromatic carbocycles. The Morgan fingerprint density at radius 1 is 0.210 bits per heavy atom. The maximum absolute atomic E-state index is 5.93. The third kappa shape index (κ3) is 22.8. The zero-order chi connectivity index (χ0) is 87.6. The molecular formula is C110H140N2S10Si2. The highest BCUT2D eigenvalue weighted by Crippen LogP contribution is 2.56. The second kappa shape index (κ2) is 45.9. The highest BCUT2D eigenvalue weighted by Gasteiger charge is 2.32. The van der Waals surface area contributed by atoms with Crippen LogP contribution in [-0.4, -0.2) is 26.1 Å². The molecule has 0 amide bonds. The van der Waals surface area contributed by atoms with Crippen molar-refractivity contribution in [2.45, 2.75) is 354 Å². The van der Waals surface area contributed by atoms with Crippen LogP contribution in [0, 0.1) is 22.9 Å². The maximum Gasteiger partial charge on any atom is 0.129 e. The average molecular weight is 1870 g/mol. The van der Waals surface area contributed by atoms with Crippen molar-refractivity contribution in [3.8, 4) is 122 Å². The molecule has 0 aliphatic carbocycles. The lowest BCUT2D eigenvalue weighted by atomic mass is 9.96. The molecular weight excluding hydrogens is 1730 g/mol. The van der Waals surface area contributed by atoms with Gasteiger partial charge in [0, 0.05) is 88.8 Å². The lowest BCUT2D eigenvalue weighted by Gasteiger charge is -2.11. The van der Waals surface area contributed by atoms with Gasteiger partial charge >= 0.3 is 0 Å². The van der Waals surface area contributed by atoms with E-state index in [-0.39, 0.29) is 0 Å². The van der Waals surface area contributed by atoms with Gasteiger partial charge in [0.25, 0.3) is 0 Å². The van der Waals surface area contributed by atoms with E-state index >= 15 is 0 Å². The zero-order valence-electron chi connectivity index (χ0n) is 78.5. The van der Waals surface area contributed by atoms with E-state index in [4.69, 9.17) is 9.97 Å². The van der Waals surface area contributed by atoms with Gasteiger partial charge in [-0.05, 0) is 282 Å². The molecule has 0 saturated heterocycles. The Bertz CT molecular complexity index is 5470. The van der Waals surface area contributed by atoms with Crippen LogP contribution in [0.4, 0.5) is 0 Å². The van der Waals surface area contributed by atoms with E-state index in [0.29, 0.717) is 0 Å². The first-order valence-electron chi connectivity index (χ1n) is 48.3. The molecule has 124 heavy (non-hydrogen) atoms. The first-order chi connectivity index (χ1) is 60.3. The molecule has 12 aromatic heterocycles. The van der Waals surface area contributed by atoms with Gasteiger partial charge in [-0.1, -0.05) is 236 Å². The number of unbranched alkanes of at least 4 members (excludes halogenated alkanes) is 12. The molecule has 658 valence electrons. The molecule has 14 heteroatoms. The number of benzene rings is 1. The fourth-order valence-corrected chi connectivity index (χ4v) is 31.8. The summed E-state index contributed by atoms with van der Waals surface area (Å²) in [5.74, 6) is 7.66. The predicted molar refractivity (Wildman–Crippen MR) is 574 cm³/mol.